The second-order valence-electron chi connectivity index (χ2n) is 8.24. The Labute approximate surface area is 207 Å². The van der Waals surface area contributed by atoms with Gasteiger partial charge in [0, 0.05) is 45.6 Å². The van der Waals surface area contributed by atoms with Gasteiger partial charge in [-0.3, -0.25) is 4.72 Å². The lowest BCUT2D eigenvalue weighted by Crippen LogP contribution is -2.12. The number of anilines is 2. The molecule has 0 fully saturated rings. The van der Waals surface area contributed by atoms with E-state index in [4.69, 9.17) is 5.73 Å². The quantitative estimate of drug-likeness (QED) is 0.208. The summed E-state index contributed by atoms with van der Waals surface area (Å²) in [5.74, 6) is -0.334. The number of nitrogen functional groups attached to an aromatic ring is 1. The summed E-state index contributed by atoms with van der Waals surface area (Å²) in [6, 6.07) is 27.5. The van der Waals surface area contributed by atoms with E-state index >= 15 is 0 Å². The molecule has 0 bridgehead atoms. The fourth-order valence-electron chi connectivity index (χ4n) is 3.89. The van der Waals surface area contributed by atoms with Crippen molar-refractivity contribution in [2.24, 2.45) is 0 Å². The highest BCUT2D eigenvalue weighted by atomic mass is 32.2. The van der Waals surface area contributed by atoms with Gasteiger partial charge in [0.05, 0.1) is 4.90 Å². The van der Waals surface area contributed by atoms with Crippen molar-refractivity contribution in [2.45, 2.75) is 4.90 Å². The summed E-state index contributed by atoms with van der Waals surface area (Å²) >= 11 is 0. The van der Waals surface area contributed by atoms with Crippen molar-refractivity contribution in [2.75, 3.05) is 10.5 Å². The standard InChI is InChI=1S/C20H15FN2O2S.C8H8N2/c21-17-6-4-14(5-7-17)15-2-1-3-19(13-15)26(24,25)23-18-8-9-20-16(12-18)10-11-22-20;9-7-1-2-8-6(5-7)3-4-10-8/h1-13,22-23H;1-5,10H,9H2. The van der Waals surface area contributed by atoms with Crippen molar-refractivity contribution in [3.63, 3.8) is 0 Å². The molecule has 0 unspecified atom stereocenters. The molecule has 2 heterocycles. The molecule has 0 aliphatic rings. The third-order valence-corrected chi connectivity index (χ3v) is 7.08. The highest BCUT2D eigenvalue weighted by Crippen LogP contribution is 2.25. The van der Waals surface area contributed by atoms with Crippen molar-refractivity contribution in [3.8, 4) is 11.1 Å². The molecule has 0 saturated carbocycles. The van der Waals surface area contributed by atoms with Crippen molar-refractivity contribution in [3.05, 3.63) is 115 Å². The van der Waals surface area contributed by atoms with Gasteiger partial charge in [0.25, 0.3) is 10.0 Å². The zero-order chi connectivity index (χ0) is 25.1. The lowest BCUT2D eigenvalue weighted by molar-refractivity contribution is 0.601. The lowest BCUT2D eigenvalue weighted by atomic mass is 10.1. The molecule has 0 atom stereocenters. The normalized spacial score (nSPS) is 11.2. The molecule has 5 N–H and O–H groups in total. The van der Waals surface area contributed by atoms with E-state index in [1.807, 2.05) is 42.6 Å². The summed E-state index contributed by atoms with van der Waals surface area (Å²) in [5.41, 5.74) is 10.4. The van der Waals surface area contributed by atoms with Crippen LogP contribution in [0.5, 0.6) is 0 Å². The van der Waals surface area contributed by atoms with Gasteiger partial charge in [0.2, 0.25) is 0 Å². The molecule has 180 valence electrons. The number of nitrogens with one attached hydrogen (secondary N) is 3. The van der Waals surface area contributed by atoms with Gasteiger partial charge in [-0.15, -0.1) is 0 Å². The predicted octanol–water partition coefficient (Wildman–Crippen LogP) is 6.52. The Balaban J connectivity index is 0.000000222. The van der Waals surface area contributed by atoms with Crippen LogP contribution in [0.15, 0.2) is 114 Å². The summed E-state index contributed by atoms with van der Waals surface area (Å²) in [6.45, 7) is 0. The fraction of sp³-hybridized carbons (Fsp3) is 0. The number of fused-ring (bicyclic) bond motifs is 2. The van der Waals surface area contributed by atoms with Gasteiger partial charge >= 0.3 is 0 Å². The molecule has 0 radical (unpaired) electrons. The van der Waals surface area contributed by atoms with E-state index in [0.29, 0.717) is 11.3 Å². The number of hydrogen-bond acceptors (Lipinski definition) is 3. The van der Waals surface area contributed by atoms with Crippen LogP contribution >= 0.6 is 0 Å². The molecule has 0 saturated heterocycles. The average molecular weight is 499 g/mol. The van der Waals surface area contributed by atoms with E-state index in [-0.39, 0.29) is 10.7 Å². The van der Waals surface area contributed by atoms with Crippen molar-refractivity contribution in [1.29, 1.82) is 0 Å². The van der Waals surface area contributed by atoms with Crippen LogP contribution in [0.1, 0.15) is 0 Å². The molecule has 4 aromatic carbocycles. The molecule has 0 aliphatic carbocycles. The van der Waals surface area contributed by atoms with Crippen LogP contribution in [-0.2, 0) is 10.0 Å². The minimum absolute atomic E-state index is 0.147. The van der Waals surface area contributed by atoms with E-state index in [2.05, 4.69) is 14.7 Å². The maximum atomic E-state index is 13.1. The zero-order valence-corrected chi connectivity index (χ0v) is 19.9. The molecular weight excluding hydrogens is 475 g/mol. The largest absolute Gasteiger partial charge is 0.399 e. The molecule has 0 aliphatic heterocycles. The van der Waals surface area contributed by atoms with Crippen molar-refractivity contribution in [1.82, 2.24) is 9.97 Å². The Morgan fingerprint density at radius 2 is 1.36 bits per heavy atom. The Bertz CT molecular complexity index is 1760. The summed E-state index contributed by atoms with van der Waals surface area (Å²) in [4.78, 5) is 6.30. The second kappa shape index (κ2) is 9.59. The van der Waals surface area contributed by atoms with Gasteiger partial charge in [-0.1, -0.05) is 24.3 Å². The lowest BCUT2D eigenvalue weighted by Gasteiger charge is -2.10. The van der Waals surface area contributed by atoms with Crippen molar-refractivity contribution >= 4 is 43.2 Å². The fourth-order valence-corrected chi connectivity index (χ4v) is 4.98. The van der Waals surface area contributed by atoms with Crippen LogP contribution in [0.25, 0.3) is 32.9 Å². The van der Waals surface area contributed by atoms with Gasteiger partial charge in [0.15, 0.2) is 0 Å². The van der Waals surface area contributed by atoms with Gasteiger partial charge in [0.1, 0.15) is 5.82 Å². The van der Waals surface area contributed by atoms with E-state index in [0.717, 1.165) is 27.7 Å². The summed E-state index contributed by atoms with van der Waals surface area (Å²) in [7, 11) is -3.74. The first kappa shape index (κ1) is 23.2. The Morgan fingerprint density at radius 3 is 2.08 bits per heavy atom. The Morgan fingerprint density at radius 1 is 0.694 bits per heavy atom. The number of hydrogen-bond donors (Lipinski definition) is 4. The second-order valence-corrected chi connectivity index (χ2v) is 9.93. The molecule has 6 aromatic rings. The molecule has 6 rings (SSSR count). The number of sulfonamides is 1. The molecular formula is C28H23FN4O2S. The number of aromatic nitrogens is 2. The first-order chi connectivity index (χ1) is 17.4. The highest BCUT2D eigenvalue weighted by Gasteiger charge is 2.15. The minimum Gasteiger partial charge on any atom is -0.399 e. The number of halogens is 1. The maximum absolute atomic E-state index is 13.1. The molecule has 6 nitrogen and oxygen atoms in total. The third kappa shape index (κ3) is 5.08. The highest BCUT2D eigenvalue weighted by molar-refractivity contribution is 7.92. The number of aromatic amines is 2. The van der Waals surface area contributed by atoms with Gasteiger partial charge in [-0.2, -0.15) is 0 Å². The van der Waals surface area contributed by atoms with E-state index in [1.165, 1.54) is 23.6 Å². The van der Waals surface area contributed by atoms with Crippen LogP contribution in [0.3, 0.4) is 0 Å². The number of H-pyrrole nitrogens is 2. The van der Waals surface area contributed by atoms with Crippen LogP contribution in [-0.4, -0.2) is 18.4 Å². The number of benzene rings is 4. The van der Waals surface area contributed by atoms with Gasteiger partial charge < -0.3 is 15.7 Å². The van der Waals surface area contributed by atoms with E-state index < -0.39 is 10.0 Å². The first-order valence-corrected chi connectivity index (χ1v) is 12.6. The number of rotatable bonds is 4. The SMILES string of the molecule is Nc1ccc2[nH]ccc2c1.O=S(=O)(Nc1ccc2[nH]ccc2c1)c1cccc(-c2ccc(F)cc2)c1. The van der Waals surface area contributed by atoms with E-state index in [1.54, 1.807) is 48.7 Å². The molecule has 8 heteroatoms. The smallest absolute Gasteiger partial charge is 0.261 e. The monoisotopic (exact) mass is 498 g/mol. The average Bonchev–Trinajstić information content (AvgIpc) is 3.53. The summed E-state index contributed by atoms with van der Waals surface area (Å²) < 4.78 is 41.2. The zero-order valence-electron chi connectivity index (χ0n) is 19.1. The van der Waals surface area contributed by atoms with Crippen molar-refractivity contribution < 1.29 is 12.8 Å². The van der Waals surface area contributed by atoms with E-state index in [9.17, 15) is 12.8 Å². The molecule has 36 heavy (non-hydrogen) atoms. The van der Waals surface area contributed by atoms with Crippen LogP contribution in [0, 0.1) is 5.82 Å². The Kier molecular flexibility index (Phi) is 6.18. The van der Waals surface area contributed by atoms with Crippen LogP contribution in [0.2, 0.25) is 0 Å². The minimum atomic E-state index is -3.74. The van der Waals surface area contributed by atoms with Gasteiger partial charge in [-0.05, 0) is 83.9 Å². The topological polar surface area (TPSA) is 104 Å². The molecule has 0 amide bonds. The maximum Gasteiger partial charge on any atom is 0.261 e. The number of nitrogens with two attached hydrogens (primary N) is 1. The third-order valence-electron chi connectivity index (χ3n) is 5.70. The Hall–Kier alpha value is -4.56. The molecule has 0 spiro atoms. The first-order valence-electron chi connectivity index (χ1n) is 11.2. The predicted molar refractivity (Wildman–Crippen MR) is 144 cm³/mol. The summed E-state index contributed by atoms with van der Waals surface area (Å²) in [5, 5.41) is 2.09. The van der Waals surface area contributed by atoms with Gasteiger partial charge in [-0.25, -0.2) is 12.8 Å². The van der Waals surface area contributed by atoms with Crippen LogP contribution in [0.4, 0.5) is 15.8 Å². The summed E-state index contributed by atoms with van der Waals surface area (Å²) in [6.07, 6.45) is 3.71. The molecule has 2 aromatic heterocycles. The van der Waals surface area contributed by atoms with Crippen LogP contribution < -0.4 is 10.5 Å².